The summed E-state index contributed by atoms with van der Waals surface area (Å²) in [5.41, 5.74) is 12.6. The molecular weight excluding hydrogens is 605 g/mol. The number of ether oxygens (including phenoxy) is 2. The van der Waals surface area contributed by atoms with E-state index < -0.39 is 78.9 Å². The van der Waals surface area contributed by atoms with Crippen molar-refractivity contribution in [1.29, 1.82) is 0 Å². The normalized spacial score (nSPS) is 34.2. The van der Waals surface area contributed by atoms with Crippen LogP contribution in [0.1, 0.15) is 12.5 Å². The molecule has 5 N–H and O–H groups in total. The van der Waals surface area contributed by atoms with Crippen molar-refractivity contribution in [1.82, 2.24) is 39.0 Å². The first-order valence-electron chi connectivity index (χ1n) is 12.3. The Hall–Kier alpha value is -3.45. The lowest BCUT2D eigenvalue weighted by molar-refractivity contribution is -0.0546. The maximum Gasteiger partial charge on any atom is 0.697 e. The topological polar surface area (TPSA) is 249 Å². The third-order valence-electron chi connectivity index (χ3n) is 7.00. The van der Waals surface area contributed by atoms with Gasteiger partial charge in [-0.1, -0.05) is 0 Å². The van der Waals surface area contributed by atoms with Crippen LogP contribution in [-0.4, -0.2) is 94.0 Å². The molecule has 0 amide bonds. The zero-order valence-electron chi connectivity index (χ0n) is 21.1. The Morgan fingerprint density at radius 3 is 1.88 bits per heavy atom. The van der Waals surface area contributed by atoms with Crippen molar-refractivity contribution in [3.63, 3.8) is 0 Å². The Balaban J connectivity index is 1.12. The average molecular weight is 626 g/mol. The van der Waals surface area contributed by atoms with Gasteiger partial charge >= 0.3 is 16.5 Å². The van der Waals surface area contributed by atoms with Gasteiger partial charge in [-0.25, -0.2) is 34.3 Å². The van der Waals surface area contributed by atoms with Crippen molar-refractivity contribution in [2.75, 3.05) is 24.7 Å². The lowest BCUT2D eigenvalue weighted by Gasteiger charge is -2.16. The second-order valence-electron chi connectivity index (χ2n) is 9.41. The van der Waals surface area contributed by atoms with Crippen LogP contribution in [-0.2, 0) is 36.7 Å². The number of aliphatic hydroxyl groups is 1. The van der Waals surface area contributed by atoms with Crippen molar-refractivity contribution in [2.24, 2.45) is 0 Å². The summed E-state index contributed by atoms with van der Waals surface area (Å²) < 4.78 is 77.4. The van der Waals surface area contributed by atoms with Crippen LogP contribution < -0.4 is 11.5 Å². The summed E-state index contributed by atoms with van der Waals surface area (Å²) >= 11 is 0. The Morgan fingerprint density at radius 1 is 0.786 bits per heavy atom. The fourth-order valence-corrected chi connectivity index (χ4v) is 6.60. The first kappa shape index (κ1) is 27.4. The van der Waals surface area contributed by atoms with E-state index in [1.165, 1.54) is 34.4 Å². The first-order chi connectivity index (χ1) is 20.3. The van der Waals surface area contributed by atoms with E-state index >= 15 is 4.39 Å². The van der Waals surface area contributed by atoms with E-state index in [2.05, 4.69) is 29.9 Å². The van der Waals surface area contributed by atoms with Gasteiger partial charge in [0.2, 0.25) is 0 Å². The predicted molar refractivity (Wildman–Crippen MR) is 135 cm³/mol. The van der Waals surface area contributed by atoms with E-state index in [0.717, 1.165) is 0 Å². The summed E-state index contributed by atoms with van der Waals surface area (Å²) in [4.78, 5) is 24.2. The maximum absolute atomic E-state index is 15.7. The molecule has 3 aliphatic heterocycles. The number of hydrogen-bond acceptors (Lipinski definition) is 17. The highest BCUT2D eigenvalue weighted by atomic mass is 31.1. The number of imidazole rings is 2. The number of hydrogen-bond donors (Lipinski definition) is 3. The second kappa shape index (κ2) is 10.7. The van der Waals surface area contributed by atoms with Crippen LogP contribution in [0, 0.1) is 0 Å². The van der Waals surface area contributed by atoms with Crippen molar-refractivity contribution in [2.45, 2.75) is 49.1 Å². The maximum atomic E-state index is 15.7. The van der Waals surface area contributed by atoms with Crippen LogP contribution in [0.25, 0.3) is 22.3 Å². The van der Waals surface area contributed by atoms with Gasteiger partial charge in [-0.05, 0) is 0 Å². The molecule has 0 saturated carbocycles. The van der Waals surface area contributed by atoms with Gasteiger partial charge in [0.1, 0.15) is 55.2 Å². The van der Waals surface area contributed by atoms with E-state index in [0.29, 0.717) is 0 Å². The Morgan fingerprint density at radius 2 is 1.29 bits per heavy atom. The van der Waals surface area contributed by atoms with Gasteiger partial charge in [0.15, 0.2) is 53.8 Å². The van der Waals surface area contributed by atoms with E-state index in [1.54, 1.807) is 0 Å². The van der Waals surface area contributed by atoms with Crippen LogP contribution in [0.4, 0.5) is 16.0 Å². The molecular formula is C20H21FN10O9P2+2. The molecule has 10 atom stereocenters. The smallest absolute Gasteiger partial charge is 0.385 e. The number of nitrogen functional groups attached to an aromatic ring is 2. The standard InChI is InChI=1S/C20H21FN10O9P2/c21-9-13-7(37-19(9)30-5-28-10-15(22)24-3-26-17(10)30)1-35-42(34)40-14-8(2-36-41(33)39-13)38-20(12(14)32)31-6-29-11-16(23)25-4-27-18(11)31/h3-9,12-14,19-20,32H,1-2H2,(H2,22,24,26)(H2,23,25,27)/q+2/t7-,8-,9-,12-,13-,14-,19-,20-/m1/s1. The van der Waals surface area contributed by atoms with Gasteiger partial charge in [0, 0.05) is 9.13 Å². The highest BCUT2D eigenvalue weighted by Gasteiger charge is 2.56. The van der Waals surface area contributed by atoms with Crippen LogP contribution in [0.3, 0.4) is 0 Å². The van der Waals surface area contributed by atoms with E-state index in [4.69, 9.17) is 39.0 Å². The number of anilines is 2. The number of alkyl halides is 1. The van der Waals surface area contributed by atoms with Gasteiger partial charge in [-0.2, -0.15) is 0 Å². The molecule has 7 heterocycles. The Kier molecular flexibility index (Phi) is 6.96. The van der Waals surface area contributed by atoms with Gasteiger partial charge in [0.25, 0.3) is 0 Å². The largest absolute Gasteiger partial charge is 0.697 e. The first-order valence-corrected chi connectivity index (χ1v) is 14.5. The Labute approximate surface area is 235 Å². The summed E-state index contributed by atoms with van der Waals surface area (Å²) in [6.45, 7) is -0.953. The molecule has 4 aromatic heterocycles. The molecule has 42 heavy (non-hydrogen) atoms. The van der Waals surface area contributed by atoms with E-state index in [9.17, 15) is 14.2 Å². The van der Waals surface area contributed by atoms with Crippen LogP contribution in [0.15, 0.2) is 25.3 Å². The molecule has 0 aromatic carbocycles. The molecule has 0 aliphatic carbocycles. The van der Waals surface area contributed by atoms with Gasteiger partial charge in [0.05, 0.1) is 12.7 Å². The van der Waals surface area contributed by atoms with E-state index in [-0.39, 0.29) is 34.0 Å². The summed E-state index contributed by atoms with van der Waals surface area (Å²) in [6.07, 6.45) is -5.90. The quantitative estimate of drug-likeness (QED) is 0.256. The lowest BCUT2D eigenvalue weighted by atomic mass is 10.1. The van der Waals surface area contributed by atoms with Crippen molar-refractivity contribution in [3.05, 3.63) is 25.3 Å². The number of aliphatic hydroxyl groups excluding tert-OH is 1. The third-order valence-corrected chi connectivity index (χ3v) is 8.55. The van der Waals surface area contributed by atoms with E-state index in [1.807, 2.05) is 0 Å². The average Bonchev–Trinajstić information content (AvgIpc) is 3.73. The fraction of sp³-hybridized carbons (Fsp3) is 0.500. The molecule has 0 radical (unpaired) electrons. The minimum absolute atomic E-state index is 0.0830. The van der Waals surface area contributed by atoms with Crippen LogP contribution in [0.2, 0.25) is 0 Å². The van der Waals surface area contributed by atoms with Gasteiger partial charge < -0.3 is 26.0 Å². The molecule has 0 spiro atoms. The molecule has 19 nitrogen and oxygen atoms in total. The van der Waals surface area contributed by atoms with Gasteiger partial charge in [-0.3, -0.25) is 9.13 Å². The van der Waals surface area contributed by atoms with Gasteiger partial charge in [-0.15, -0.1) is 18.1 Å². The number of fused-ring (bicyclic) bond motifs is 4. The summed E-state index contributed by atoms with van der Waals surface area (Å²) in [5, 5.41) is 11.1. The van der Waals surface area contributed by atoms with Crippen molar-refractivity contribution >= 4 is 50.5 Å². The molecule has 3 fully saturated rings. The predicted octanol–water partition coefficient (Wildman–Crippen LogP) is 0.456. The molecule has 220 valence electrons. The second-order valence-corrected chi connectivity index (χ2v) is 11.2. The van der Waals surface area contributed by atoms with Crippen molar-refractivity contribution < 1.29 is 46.2 Å². The summed E-state index contributed by atoms with van der Waals surface area (Å²) in [5.74, 6) is 0.197. The van der Waals surface area contributed by atoms with Crippen molar-refractivity contribution in [3.8, 4) is 0 Å². The summed E-state index contributed by atoms with van der Waals surface area (Å²) in [7, 11) is -5.85. The highest BCUT2D eigenvalue weighted by molar-refractivity contribution is 7.33. The van der Waals surface area contributed by atoms with Crippen LogP contribution in [0.5, 0.6) is 0 Å². The third kappa shape index (κ3) is 4.57. The molecule has 3 saturated heterocycles. The number of halogens is 1. The highest BCUT2D eigenvalue weighted by Crippen LogP contribution is 2.45. The molecule has 2 unspecified atom stereocenters. The monoisotopic (exact) mass is 626 g/mol. The fourth-order valence-electron chi connectivity index (χ4n) is 5.03. The number of nitrogens with zero attached hydrogens (tertiary/aromatic N) is 8. The van der Waals surface area contributed by atoms with Crippen LogP contribution >= 0.6 is 16.5 Å². The number of rotatable bonds is 2. The zero-order valence-corrected chi connectivity index (χ0v) is 22.8. The summed E-state index contributed by atoms with van der Waals surface area (Å²) in [6, 6.07) is 0. The minimum atomic E-state index is -2.94. The SMILES string of the molecule is Nc1ncnc2c1ncn2[C@@H]1O[C@@H]2CO[P+](=O)O[C@H]3[C@@H](F)[C@H](n4cnc5c(N)ncnc54)O[C@@H]3CO[P+](=O)O[C@H]2[C@H]1O. The minimum Gasteiger partial charge on any atom is -0.385 e. The molecule has 3 aliphatic rings. The molecule has 7 rings (SSSR count). The molecule has 4 aromatic rings. The lowest BCUT2D eigenvalue weighted by Crippen LogP contribution is -2.36. The number of aromatic nitrogens is 8. The zero-order chi connectivity index (χ0) is 29.1. The Bertz CT molecular complexity index is 1570. The molecule has 22 heteroatoms. The molecule has 0 bridgehead atoms. The number of nitrogens with two attached hydrogens (primary N) is 2.